The number of phenols is 3. The van der Waals surface area contributed by atoms with Gasteiger partial charge in [-0.2, -0.15) is 0 Å². The van der Waals surface area contributed by atoms with E-state index in [9.17, 15) is 4.79 Å². The van der Waals surface area contributed by atoms with Gasteiger partial charge in [-0.25, -0.2) is 4.79 Å². The van der Waals surface area contributed by atoms with Crippen LogP contribution in [0.3, 0.4) is 0 Å². The lowest BCUT2D eigenvalue weighted by atomic mass is 10.1. The molecule has 0 unspecified atom stereocenters. The van der Waals surface area contributed by atoms with Crippen LogP contribution in [-0.2, 0) is 28.7 Å². The summed E-state index contributed by atoms with van der Waals surface area (Å²) in [6, 6.07) is 20.3. The lowest BCUT2D eigenvalue weighted by molar-refractivity contribution is 0.0569. The number of rotatable bonds is 8. The zero-order valence-electron chi connectivity index (χ0n) is 25.3. The average molecular weight is 630 g/mol. The fraction of sp³-hybridized carbons (Fsp3) is 0.375. The second kappa shape index (κ2) is 30.5. The number of halogens is 2. The van der Waals surface area contributed by atoms with Crippen molar-refractivity contribution in [2.75, 3.05) is 19.8 Å². The van der Waals surface area contributed by atoms with E-state index in [1.54, 1.807) is 72.8 Å². The quantitative estimate of drug-likeness (QED) is 0.144. The normalized spacial score (nSPS) is 8.69. The summed E-state index contributed by atoms with van der Waals surface area (Å²) < 4.78 is 9.05. The van der Waals surface area contributed by atoms with E-state index < -0.39 is 10.9 Å². The van der Waals surface area contributed by atoms with Crippen molar-refractivity contribution in [2.45, 2.75) is 60.8 Å². The molecule has 3 aromatic rings. The average Bonchev–Trinajstić information content (AvgIpc) is 3.00. The van der Waals surface area contributed by atoms with Gasteiger partial charge in [0.15, 0.2) is 0 Å². The van der Waals surface area contributed by atoms with Crippen LogP contribution >= 0.6 is 23.2 Å². The van der Waals surface area contributed by atoms with Crippen LogP contribution in [0.25, 0.3) is 0 Å². The van der Waals surface area contributed by atoms with Crippen molar-refractivity contribution in [3.63, 3.8) is 0 Å². The lowest BCUT2D eigenvalue weighted by Crippen LogP contribution is -2.11. The van der Waals surface area contributed by atoms with E-state index in [0.717, 1.165) is 16.7 Å². The van der Waals surface area contributed by atoms with E-state index in [4.69, 9.17) is 34.7 Å². The van der Waals surface area contributed by atoms with Gasteiger partial charge in [0.1, 0.15) is 17.2 Å². The molecule has 0 aromatic heterocycles. The number of ether oxygens (including phenoxy) is 2. The van der Waals surface area contributed by atoms with Crippen LogP contribution in [0.2, 0.25) is 0 Å². The van der Waals surface area contributed by atoms with Crippen molar-refractivity contribution in [3.05, 3.63) is 89.5 Å². The summed E-state index contributed by atoms with van der Waals surface area (Å²) in [5.41, 5.74) is 2.98. The summed E-state index contributed by atoms with van der Waals surface area (Å²) in [7, 11) is 0. The molecule has 0 saturated heterocycles. The molecule has 42 heavy (non-hydrogen) atoms. The first-order valence-electron chi connectivity index (χ1n) is 13.8. The number of hydrogen-bond acceptors (Lipinski definition) is 8. The largest absolute Gasteiger partial charge is 0.508 e. The third kappa shape index (κ3) is 26.7. The maximum Gasteiger partial charge on any atom is 0.508 e. The molecule has 0 fully saturated rings. The maximum absolute atomic E-state index is 11.4. The summed E-state index contributed by atoms with van der Waals surface area (Å²) in [6.45, 7) is 12.6. The van der Waals surface area contributed by atoms with E-state index in [-0.39, 0.29) is 37.1 Å². The fourth-order valence-corrected chi connectivity index (χ4v) is 2.66. The molecule has 0 aliphatic carbocycles. The fourth-order valence-electron chi connectivity index (χ4n) is 2.66. The number of hydrogen-bond donors (Lipinski definition) is 4. The first-order chi connectivity index (χ1) is 20.2. The third-order valence-corrected chi connectivity index (χ3v) is 4.43. The van der Waals surface area contributed by atoms with E-state index in [2.05, 4.69) is 23.2 Å². The summed E-state index contributed by atoms with van der Waals surface area (Å²) in [6.07, 6.45) is 1.08. The van der Waals surface area contributed by atoms with Crippen molar-refractivity contribution in [1.82, 2.24) is 0 Å². The SMILES string of the molecule is CC.CC.CC.O=C(Cl)Cl.O=C(OCCc1ccc(O)cc1)OCCc1ccc(O)cc1.OCCc1ccc(O)cc1. The zero-order valence-corrected chi connectivity index (χ0v) is 26.9. The van der Waals surface area contributed by atoms with Crippen LogP contribution in [0.15, 0.2) is 72.8 Å². The Bertz CT molecular complexity index is 968. The molecule has 236 valence electrons. The van der Waals surface area contributed by atoms with E-state index in [1.165, 1.54) is 0 Å². The van der Waals surface area contributed by atoms with Gasteiger partial charge in [-0.15, -0.1) is 0 Å². The molecular formula is C32H46Cl2O8. The summed E-state index contributed by atoms with van der Waals surface area (Å²) in [5.74, 6) is 0.679. The monoisotopic (exact) mass is 628 g/mol. The smallest absolute Gasteiger partial charge is 0.508 e. The Labute approximate surface area is 260 Å². The van der Waals surface area contributed by atoms with Gasteiger partial charge in [-0.05, 0) is 82.7 Å². The second-order valence-corrected chi connectivity index (χ2v) is 8.03. The van der Waals surface area contributed by atoms with E-state index >= 15 is 0 Å². The van der Waals surface area contributed by atoms with Gasteiger partial charge in [0.05, 0.1) is 13.2 Å². The number of carbonyl (C=O) groups is 2. The van der Waals surface area contributed by atoms with E-state index in [0.29, 0.717) is 19.3 Å². The highest BCUT2D eigenvalue weighted by atomic mass is 35.5. The van der Waals surface area contributed by atoms with Crippen LogP contribution in [0, 0.1) is 0 Å². The molecule has 10 heteroatoms. The molecular weight excluding hydrogens is 583 g/mol. The molecule has 3 aromatic carbocycles. The molecule has 4 N–H and O–H groups in total. The van der Waals surface area contributed by atoms with Crippen LogP contribution in [0.5, 0.6) is 17.2 Å². The third-order valence-electron chi connectivity index (χ3n) is 4.43. The van der Waals surface area contributed by atoms with Crippen molar-refractivity contribution < 1.29 is 39.5 Å². The molecule has 0 saturated carbocycles. The first kappa shape index (κ1) is 43.0. The van der Waals surface area contributed by atoms with Crippen LogP contribution in [0.4, 0.5) is 9.59 Å². The first-order valence-corrected chi connectivity index (χ1v) is 14.5. The van der Waals surface area contributed by atoms with Crippen molar-refractivity contribution in [3.8, 4) is 17.2 Å². The van der Waals surface area contributed by atoms with Gasteiger partial charge in [0.2, 0.25) is 0 Å². The standard InChI is InChI=1S/C17H18O5.C8H10O2.3C2H6.CCl2O/c18-15-5-1-13(2-6-15)9-11-21-17(20)22-12-10-14-3-7-16(19)8-4-14;9-6-5-7-1-3-8(10)4-2-7;3*1-2;2-1(3)4/h1-8,18-19H,9-12H2;1-4,9-10H,5-6H2;3*1-2H3;. The molecule has 0 atom stereocenters. The summed E-state index contributed by atoms with van der Waals surface area (Å²) in [4.78, 5) is 20.4. The Hall–Kier alpha value is -3.46. The van der Waals surface area contributed by atoms with Crippen molar-refractivity contribution in [1.29, 1.82) is 0 Å². The Balaban J connectivity index is -0.000000630. The minimum Gasteiger partial charge on any atom is -0.508 e. The molecule has 0 spiro atoms. The highest BCUT2D eigenvalue weighted by molar-refractivity contribution is 6.93. The van der Waals surface area contributed by atoms with Gasteiger partial charge >= 0.3 is 10.9 Å². The minimum atomic E-state index is -0.889. The van der Waals surface area contributed by atoms with Crippen molar-refractivity contribution >= 4 is 34.1 Å². The zero-order chi connectivity index (χ0) is 32.8. The Morgan fingerprint density at radius 1 is 0.548 bits per heavy atom. The molecule has 0 aliphatic heterocycles. The predicted molar refractivity (Wildman–Crippen MR) is 171 cm³/mol. The summed E-state index contributed by atoms with van der Waals surface area (Å²) >= 11 is 8.80. The molecule has 0 bridgehead atoms. The lowest BCUT2D eigenvalue weighted by Gasteiger charge is -2.07. The number of aliphatic hydroxyl groups is 1. The van der Waals surface area contributed by atoms with Crippen molar-refractivity contribution in [2.24, 2.45) is 0 Å². The van der Waals surface area contributed by atoms with Crippen LogP contribution < -0.4 is 0 Å². The summed E-state index contributed by atoms with van der Waals surface area (Å²) in [5, 5.41) is 35.7. The number of aromatic hydroxyl groups is 3. The van der Waals surface area contributed by atoms with Gasteiger partial charge in [0.25, 0.3) is 0 Å². The minimum absolute atomic E-state index is 0.158. The molecule has 0 radical (unpaired) electrons. The van der Waals surface area contributed by atoms with Crippen LogP contribution in [-0.4, -0.2) is 51.1 Å². The van der Waals surface area contributed by atoms with Gasteiger partial charge < -0.3 is 29.9 Å². The number of aliphatic hydroxyl groups excluding tert-OH is 1. The Morgan fingerprint density at radius 3 is 1.02 bits per heavy atom. The van der Waals surface area contributed by atoms with Gasteiger partial charge in [-0.1, -0.05) is 77.9 Å². The Morgan fingerprint density at radius 2 is 0.786 bits per heavy atom. The van der Waals surface area contributed by atoms with E-state index in [1.807, 2.05) is 41.5 Å². The number of carbonyl (C=O) groups excluding carboxylic acids is 2. The Kier molecular flexibility index (Phi) is 31.2. The van der Waals surface area contributed by atoms with Crippen LogP contribution in [0.1, 0.15) is 58.2 Å². The maximum atomic E-state index is 11.4. The topological polar surface area (TPSA) is 134 Å². The van der Waals surface area contributed by atoms with Gasteiger partial charge in [0, 0.05) is 19.4 Å². The predicted octanol–water partition coefficient (Wildman–Crippen LogP) is 8.63. The molecule has 0 aliphatic rings. The highest BCUT2D eigenvalue weighted by Crippen LogP contribution is 2.12. The second-order valence-electron chi connectivity index (χ2n) is 7.15. The van der Waals surface area contributed by atoms with Gasteiger partial charge in [-0.3, -0.25) is 4.79 Å². The number of benzene rings is 3. The number of phenolic OH excluding ortho intramolecular Hbond substituents is 3. The molecule has 8 nitrogen and oxygen atoms in total. The molecule has 3 rings (SSSR count). The molecule has 0 amide bonds. The molecule has 0 heterocycles. The highest BCUT2D eigenvalue weighted by Gasteiger charge is 2.04.